The second kappa shape index (κ2) is 8.52. The summed E-state index contributed by atoms with van der Waals surface area (Å²) >= 11 is 0. The Morgan fingerprint density at radius 3 is 1.41 bits per heavy atom. The number of hydrogen-bond acceptors (Lipinski definition) is 11. The number of rotatable bonds is 10. The van der Waals surface area contributed by atoms with Crippen molar-refractivity contribution in [2.45, 2.75) is 39.3 Å². The summed E-state index contributed by atoms with van der Waals surface area (Å²) in [5, 5.41) is 0. The van der Waals surface area contributed by atoms with Crippen molar-refractivity contribution >= 4 is 47.6 Å². The van der Waals surface area contributed by atoms with Gasteiger partial charge in [-0.1, -0.05) is 6.07 Å². The molecule has 0 spiro atoms. The molecule has 168 valence electrons. The predicted octanol–water partition coefficient (Wildman–Crippen LogP) is 1.98. The summed E-state index contributed by atoms with van der Waals surface area (Å²) in [5.41, 5.74) is 0. The van der Waals surface area contributed by atoms with Crippen LogP contribution in [0.3, 0.4) is 0 Å². The molecule has 0 unspecified atom stereocenters. The maximum absolute atomic E-state index is 12.2. The number of para-hydroxylation sites is 1. The summed E-state index contributed by atoms with van der Waals surface area (Å²) in [6.45, 7) is 9.45. The molecule has 0 amide bonds. The Balaban J connectivity index is 3.49. The lowest BCUT2D eigenvalue weighted by Crippen LogP contribution is -2.32. The van der Waals surface area contributed by atoms with E-state index in [1.54, 1.807) is 39.3 Å². The lowest BCUT2D eigenvalue weighted by atomic mass is 10.3. The minimum absolute atomic E-state index is 0.615. The molecule has 1 aromatic carbocycles. The van der Waals surface area contributed by atoms with Gasteiger partial charge in [-0.05, 0) is 51.4 Å². The maximum atomic E-state index is 12.2. The molecule has 0 fully saturated rings. The lowest BCUT2D eigenvalue weighted by Gasteiger charge is -2.20. The van der Waals surface area contributed by atoms with Crippen LogP contribution in [0, 0.1) is 0 Å². The van der Waals surface area contributed by atoms with Crippen LogP contribution in [0.2, 0.25) is 39.3 Å². The monoisotopic (exact) mass is 508 g/mol. The topological polar surface area (TPSA) is 149 Å². The van der Waals surface area contributed by atoms with Crippen LogP contribution < -0.4 is 12.5 Å². The van der Waals surface area contributed by atoms with Gasteiger partial charge in [0.15, 0.2) is 11.5 Å². The molecule has 0 aromatic heterocycles. The van der Waals surface area contributed by atoms with Crippen LogP contribution in [0.5, 0.6) is 17.2 Å². The average Bonchev–Trinajstić information content (AvgIpc) is 2.34. The summed E-state index contributed by atoms with van der Waals surface area (Å²) in [5.74, 6) is -2.10. The van der Waals surface area contributed by atoms with Crippen molar-refractivity contribution in [1.29, 1.82) is 0 Å². The van der Waals surface area contributed by atoms with Crippen LogP contribution in [0.15, 0.2) is 18.2 Å². The van der Waals surface area contributed by atoms with Crippen LogP contribution >= 0.6 is 0 Å². The van der Waals surface area contributed by atoms with Gasteiger partial charge in [0.05, 0.1) is 6.26 Å². The third-order valence-corrected chi connectivity index (χ3v) is 9.14. The van der Waals surface area contributed by atoms with Gasteiger partial charge in [0.1, 0.15) is 0 Å². The Morgan fingerprint density at radius 1 is 0.655 bits per heavy atom. The Labute approximate surface area is 173 Å². The molecule has 1 aromatic rings. The first-order chi connectivity index (χ1) is 12.7. The standard InChI is InChI=1S/C13H24O11S3Si2/c1-25(14,15)20-11-9-8-10-12(21-26(16,17)23-28(2,3)4)13(11)22-27(18,19)24-29(5,6)7/h8-10H,1-7H3. The van der Waals surface area contributed by atoms with Gasteiger partial charge in [0.25, 0.3) is 0 Å². The zero-order valence-corrected chi connectivity index (χ0v) is 21.4. The molecule has 0 atom stereocenters. The molecule has 0 bridgehead atoms. The Hall–Kier alpha value is -1.18. The Kier molecular flexibility index (Phi) is 7.60. The molecular formula is C13H24O11S3Si2. The molecular weight excluding hydrogens is 485 g/mol. The summed E-state index contributed by atoms with van der Waals surface area (Å²) in [6, 6.07) is 3.28. The van der Waals surface area contributed by atoms with E-state index < -0.39 is 64.8 Å². The van der Waals surface area contributed by atoms with Gasteiger partial charge in [0, 0.05) is 0 Å². The first kappa shape index (κ1) is 25.9. The molecule has 0 aliphatic heterocycles. The van der Waals surface area contributed by atoms with Crippen LogP contribution in [-0.4, -0.2) is 48.1 Å². The summed E-state index contributed by atoms with van der Waals surface area (Å²) in [7, 11) is -18.7. The second-order valence-corrected chi connectivity index (χ2v) is 21.1. The third-order valence-electron chi connectivity index (χ3n) is 2.27. The fraction of sp³-hybridized carbons (Fsp3) is 0.538. The van der Waals surface area contributed by atoms with E-state index >= 15 is 0 Å². The molecule has 16 heteroatoms. The van der Waals surface area contributed by atoms with Crippen LogP contribution in [0.25, 0.3) is 0 Å². The molecule has 11 nitrogen and oxygen atoms in total. The van der Waals surface area contributed by atoms with Crippen molar-refractivity contribution in [2.24, 2.45) is 0 Å². The van der Waals surface area contributed by atoms with Gasteiger partial charge in [-0.2, -0.15) is 25.3 Å². The zero-order chi connectivity index (χ0) is 22.9. The molecule has 0 heterocycles. The molecule has 0 radical (unpaired) electrons. The zero-order valence-electron chi connectivity index (χ0n) is 16.9. The van der Waals surface area contributed by atoms with Gasteiger partial charge in [-0.3, -0.25) is 7.74 Å². The van der Waals surface area contributed by atoms with Crippen LogP contribution in [0.1, 0.15) is 0 Å². The van der Waals surface area contributed by atoms with Gasteiger partial charge < -0.3 is 12.5 Å². The van der Waals surface area contributed by atoms with Crippen molar-refractivity contribution in [2.75, 3.05) is 6.26 Å². The van der Waals surface area contributed by atoms with E-state index in [-0.39, 0.29) is 0 Å². The quantitative estimate of drug-likeness (QED) is 0.337. The summed E-state index contributed by atoms with van der Waals surface area (Å²) in [4.78, 5) is 0. The Bertz CT molecular complexity index is 1050. The van der Waals surface area contributed by atoms with E-state index in [1.807, 2.05) is 0 Å². The second-order valence-electron chi connectivity index (χ2n) is 7.75. The maximum Gasteiger partial charge on any atom is 0.439 e. The van der Waals surface area contributed by atoms with Crippen LogP contribution in [-0.2, 0) is 38.7 Å². The minimum Gasteiger partial charge on any atom is -0.378 e. The summed E-state index contributed by atoms with van der Waals surface area (Å²) in [6.07, 6.45) is 0.711. The van der Waals surface area contributed by atoms with Gasteiger partial charge >= 0.3 is 30.9 Å². The number of hydrogen-bond donors (Lipinski definition) is 0. The highest BCUT2D eigenvalue weighted by Gasteiger charge is 2.32. The fourth-order valence-corrected chi connectivity index (χ4v) is 8.08. The highest BCUT2D eigenvalue weighted by molar-refractivity contribution is 7.86. The van der Waals surface area contributed by atoms with Crippen molar-refractivity contribution in [3.8, 4) is 17.2 Å². The van der Waals surface area contributed by atoms with E-state index in [0.717, 1.165) is 12.1 Å². The van der Waals surface area contributed by atoms with E-state index in [0.29, 0.717) is 6.26 Å². The van der Waals surface area contributed by atoms with Crippen molar-refractivity contribution < 1.29 is 45.5 Å². The molecule has 1 rings (SSSR count). The average molecular weight is 509 g/mol. The summed E-state index contributed by atoms with van der Waals surface area (Å²) < 4.78 is 96.0. The SMILES string of the molecule is C[Si](C)(C)OS(=O)(=O)Oc1cccc(OS(C)(=O)=O)c1OS(=O)(=O)O[Si](C)(C)C. The van der Waals surface area contributed by atoms with E-state index in [9.17, 15) is 25.3 Å². The Morgan fingerprint density at radius 2 is 1.03 bits per heavy atom. The van der Waals surface area contributed by atoms with Crippen molar-refractivity contribution in [3.63, 3.8) is 0 Å². The van der Waals surface area contributed by atoms with Crippen molar-refractivity contribution in [1.82, 2.24) is 0 Å². The van der Waals surface area contributed by atoms with E-state index in [2.05, 4.69) is 0 Å². The van der Waals surface area contributed by atoms with E-state index in [1.165, 1.54) is 6.07 Å². The van der Waals surface area contributed by atoms with E-state index in [4.69, 9.17) is 20.3 Å². The highest BCUT2D eigenvalue weighted by Crippen LogP contribution is 2.40. The molecule has 29 heavy (non-hydrogen) atoms. The molecule has 0 N–H and O–H groups in total. The lowest BCUT2D eigenvalue weighted by molar-refractivity contribution is 0.359. The molecule has 0 saturated carbocycles. The minimum atomic E-state index is -4.70. The largest absolute Gasteiger partial charge is 0.439 e. The van der Waals surface area contributed by atoms with Gasteiger partial charge in [0.2, 0.25) is 22.4 Å². The first-order valence-electron chi connectivity index (χ1n) is 8.01. The first-order valence-corrected chi connectivity index (χ1v) is 19.3. The normalized spacial score (nSPS) is 13.8. The predicted molar refractivity (Wildman–Crippen MR) is 110 cm³/mol. The highest BCUT2D eigenvalue weighted by atomic mass is 32.3. The third kappa shape index (κ3) is 10.4. The number of benzene rings is 1. The molecule has 0 aliphatic rings. The fourth-order valence-electron chi connectivity index (χ4n) is 1.73. The molecule has 0 aliphatic carbocycles. The smallest absolute Gasteiger partial charge is 0.378 e. The molecule has 0 saturated heterocycles. The van der Waals surface area contributed by atoms with Gasteiger partial charge in [-0.25, -0.2) is 0 Å². The van der Waals surface area contributed by atoms with Crippen molar-refractivity contribution in [3.05, 3.63) is 18.2 Å². The van der Waals surface area contributed by atoms with Gasteiger partial charge in [-0.15, -0.1) is 0 Å². The van der Waals surface area contributed by atoms with Crippen LogP contribution in [0.4, 0.5) is 0 Å².